The van der Waals surface area contributed by atoms with E-state index in [0.29, 0.717) is 23.0 Å². The molecule has 10 heteroatoms. The summed E-state index contributed by atoms with van der Waals surface area (Å²) < 4.78 is 33.7. The molecule has 0 aliphatic rings. The first-order chi connectivity index (χ1) is 15.6. The van der Waals surface area contributed by atoms with E-state index in [1.807, 2.05) is 0 Å². The number of pyridine rings is 3. The lowest BCUT2D eigenvalue weighted by Gasteiger charge is -2.16. The zero-order valence-corrected chi connectivity index (χ0v) is 19.2. The minimum atomic E-state index is -0.871. The molecule has 0 aliphatic heterocycles. The number of allylic oxidation sites excluding steroid dienone is 1. The molecule has 0 amide bonds. The molecule has 0 spiro atoms. The fourth-order valence-corrected chi connectivity index (χ4v) is 3.17. The van der Waals surface area contributed by atoms with E-state index in [9.17, 15) is 18.4 Å². The number of ether oxygens (including phenoxy) is 1. The summed E-state index contributed by atoms with van der Waals surface area (Å²) in [7, 11) is 3.57. The van der Waals surface area contributed by atoms with E-state index >= 15 is 0 Å². The molecular formula is C23H21ClF2N4O3. The molecule has 0 N–H and O–H groups in total. The quantitative estimate of drug-likeness (QED) is 0.380. The third-order valence-electron chi connectivity index (χ3n) is 4.64. The van der Waals surface area contributed by atoms with Crippen LogP contribution in [0.15, 0.2) is 47.7 Å². The van der Waals surface area contributed by atoms with E-state index in [2.05, 4.69) is 9.97 Å². The average molecular weight is 475 g/mol. The van der Waals surface area contributed by atoms with Gasteiger partial charge in [0.2, 0.25) is 5.78 Å². The lowest BCUT2D eigenvalue weighted by atomic mass is 10.1. The molecule has 0 unspecified atom stereocenters. The van der Waals surface area contributed by atoms with Gasteiger partial charge in [-0.15, -0.1) is 0 Å². The van der Waals surface area contributed by atoms with Gasteiger partial charge in [-0.1, -0.05) is 11.6 Å². The van der Waals surface area contributed by atoms with Gasteiger partial charge >= 0.3 is 0 Å². The number of aryl methyl sites for hydroxylation is 2. The van der Waals surface area contributed by atoms with Crippen LogP contribution >= 0.6 is 11.6 Å². The molecule has 0 aromatic carbocycles. The van der Waals surface area contributed by atoms with Crippen molar-refractivity contribution >= 4 is 17.4 Å². The number of ketones is 1. The van der Waals surface area contributed by atoms with Crippen molar-refractivity contribution in [3.8, 4) is 11.4 Å². The van der Waals surface area contributed by atoms with Crippen LogP contribution in [0, 0.1) is 25.5 Å². The van der Waals surface area contributed by atoms with Crippen molar-refractivity contribution in [1.29, 1.82) is 0 Å². The molecule has 172 valence electrons. The van der Waals surface area contributed by atoms with E-state index in [1.54, 1.807) is 39.0 Å². The van der Waals surface area contributed by atoms with Gasteiger partial charge in [-0.25, -0.2) is 8.78 Å². The van der Waals surface area contributed by atoms with Crippen LogP contribution in [0.3, 0.4) is 0 Å². The van der Waals surface area contributed by atoms with Crippen LogP contribution in [-0.2, 0) is 6.61 Å². The highest BCUT2D eigenvalue weighted by atomic mass is 35.5. The molecule has 0 aliphatic carbocycles. The number of rotatable bonds is 7. The SMILES string of the molecule is Cc1cnc(C(=O)C=CN(C)C)cc1-n1c(C)cc(OCc2ncc(F)cc2F)c(Cl)c1=O. The minimum Gasteiger partial charge on any atom is -0.485 e. The third-order valence-corrected chi connectivity index (χ3v) is 4.99. The molecule has 3 rings (SSSR count). The van der Waals surface area contributed by atoms with E-state index in [0.717, 1.165) is 6.20 Å². The van der Waals surface area contributed by atoms with Gasteiger partial charge in [0.1, 0.15) is 34.6 Å². The monoisotopic (exact) mass is 474 g/mol. The number of carbonyl (C=O) groups excluding carboxylic acids is 1. The van der Waals surface area contributed by atoms with Crippen molar-refractivity contribution in [2.24, 2.45) is 0 Å². The molecular weight excluding hydrogens is 454 g/mol. The van der Waals surface area contributed by atoms with Crippen LogP contribution in [0.2, 0.25) is 5.02 Å². The summed E-state index contributed by atoms with van der Waals surface area (Å²) in [6, 6.07) is 3.72. The lowest BCUT2D eigenvalue weighted by Crippen LogP contribution is -2.23. The molecule has 0 fully saturated rings. The van der Waals surface area contributed by atoms with Gasteiger partial charge in [-0.05, 0) is 25.5 Å². The second-order valence-corrected chi connectivity index (χ2v) is 7.85. The molecule has 3 aromatic heterocycles. The summed E-state index contributed by atoms with van der Waals surface area (Å²) in [6.45, 7) is 3.06. The molecule has 3 heterocycles. The molecule has 0 bridgehead atoms. The lowest BCUT2D eigenvalue weighted by molar-refractivity contribution is 0.104. The predicted octanol–water partition coefficient (Wildman–Crippen LogP) is 4.01. The third kappa shape index (κ3) is 5.43. The largest absolute Gasteiger partial charge is 0.485 e. The molecule has 0 radical (unpaired) electrons. The molecule has 33 heavy (non-hydrogen) atoms. The Morgan fingerprint density at radius 3 is 2.58 bits per heavy atom. The second-order valence-electron chi connectivity index (χ2n) is 7.47. The maximum Gasteiger partial charge on any atom is 0.277 e. The van der Waals surface area contributed by atoms with Gasteiger partial charge in [-0.2, -0.15) is 0 Å². The highest BCUT2D eigenvalue weighted by Crippen LogP contribution is 2.26. The molecule has 0 atom stereocenters. The van der Waals surface area contributed by atoms with Crippen LogP contribution in [0.4, 0.5) is 8.78 Å². The normalized spacial score (nSPS) is 11.1. The van der Waals surface area contributed by atoms with Crippen molar-refractivity contribution in [2.45, 2.75) is 20.5 Å². The van der Waals surface area contributed by atoms with E-state index in [4.69, 9.17) is 16.3 Å². The van der Waals surface area contributed by atoms with Crippen LogP contribution in [0.25, 0.3) is 5.69 Å². The number of halogens is 3. The second kappa shape index (κ2) is 9.91. The van der Waals surface area contributed by atoms with Gasteiger partial charge in [0.25, 0.3) is 5.56 Å². The predicted molar refractivity (Wildman–Crippen MR) is 120 cm³/mol. The Bertz CT molecular complexity index is 1310. The van der Waals surface area contributed by atoms with Crippen molar-refractivity contribution in [1.82, 2.24) is 19.4 Å². The average Bonchev–Trinajstić information content (AvgIpc) is 2.75. The Hall–Kier alpha value is -3.59. The van der Waals surface area contributed by atoms with Crippen molar-refractivity contribution in [3.05, 3.63) is 92.5 Å². The zero-order valence-electron chi connectivity index (χ0n) is 18.4. The summed E-state index contributed by atoms with van der Waals surface area (Å²) in [6.07, 6.45) is 5.34. The fraction of sp³-hybridized carbons (Fsp3) is 0.217. The van der Waals surface area contributed by atoms with Crippen LogP contribution < -0.4 is 10.3 Å². The smallest absolute Gasteiger partial charge is 0.277 e. The number of carbonyl (C=O) groups is 1. The van der Waals surface area contributed by atoms with Crippen LogP contribution in [0.1, 0.15) is 27.4 Å². The number of aromatic nitrogens is 3. The van der Waals surface area contributed by atoms with Gasteiger partial charge in [0, 0.05) is 50.4 Å². The maximum absolute atomic E-state index is 13.8. The summed E-state index contributed by atoms with van der Waals surface area (Å²) in [4.78, 5) is 35.0. The van der Waals surface area contributed by atoms with Crippen molar-refractivity contribution in [2.75, 3.05) is 14.1 Å². The van der Waals surface area contributed by atoms with Gasteiger partial charge in [0.05, 0.1) is 11.9 Å². The Morgan fingerprint density at radius 2 is 1.91 bits per heavy atom. The molecule has 3 aromatic rings. The highest BCUT2D eigenvalue weighted by molar-refractivity contribution is 6.31. The summed E-state index contributed by atoms with van der Waals surface area (Å²) in [5, 5.41) is -0.236. The first-order valence-corrected chi connectivity index (χ1v) is 10.2. The molecule has 0 saturated heterocycles. The Balaban J connectivity index is 1.97. The fourth-order valence-electron chi connectivity index (χ4n) is 2.97. The molecule has 0 saturated carbocycles. The summed E-state index contributed by atoms with van der Waals surface area (Å²) in [5.74, 6) is -1.98. The van der Waals surface area contributed by atoms with E-state index in [-0.39, 0.29) is 34.6 Å². The van der Waals surface area contributed by atoms with Crippen LogP contribution in [-0.4, -0.2) is 39.3 Å². The first-order valence-electron chi connectivity index (χ1n) is 9.79. The summed E-state index contributed by atoms with van der Waals surface area (Å²) >= 11 is 6.26. The number of nitrogens with zero attached hydrogens (tertiary/aromatic N) is 4. The van der Waals surface area contributed by atoms with Crippen molar-refractivity contribution in [3.63, 3.8) is 0 Å². The Labute approximate surface area is 193 Å². The Morgan fingerprint density at radius 1 is 1.18 bits per heavy atom. The Kier molecular flexibility index (Phi) is 7.23. The van der Waals surface area contributed by atoms with Gasteiger partial charge in [-0.3, -0.25) is 24.1 Å². The van der Waals surface area contributed by atoms with Gasteiger partial charge in [0.15, 0.2) is 5.82 Å². The van der Waals surface area contributed by atoms with Crippen molar-refractivity contribution < 1.29 is 18.3 Å². The number of hydrogen-bond acceptors (Lipinski definition) is 6. The van der Waals surface area contributed by atoms with Gasteiger partial charge < -0.3 is 9.64 Å². The zero-order chi connectivity index (χ0) is 24.3. The first kappa shape index (κ1) is 24.1. The van der Waals surface area contributed by atoms with E-state index in [1.165, 1.54) is 29.0 Å². The van der Waals surface area contributed by atoms with Crippen LogP contribution in [0.5, 0.6) is 5.75 Å². The maximum atomic E-state index is 13.8. The summed E-state index contributed by atoms with van der Waals surface area (Å²) in [5.41, 5.74) is 0.992. The topological polar surface area (TPSA) is 77.3 Å². The molecule has 7 nitrogen and oxygen atoms in total. The van der Waals surface area contributed by atoms with E-state index < -0.39 is 17.2 Å². The standard InChI is InChI=1S/C23H21ClF2N4O3/c1-13-10-27-17(20(31)5-6-29(3)4)9-19(13)30-14(2)7-21(22(24)23(30)32)33-12-18-16(26)8-15(25)11-28-18/h5-11H,12H2,1-4H3. The minimum absolute atomic E-state index is 0.0258. The number of hydrogen-bond donors (Lipinski definition) is 0. The highest BCUT2D eigenvalue weighted by Gasteiger charge is 2.18.